The van der Waals surface area contributed by atoms with Gasteiger partial charge < -0.3 is 4.98 Å². The molecule has 0 saturated heterocycles. The maximum atomic E-state index is 5.29. The van der Waals surface area contributed by atoms with Gasteiger partial charge in [-0.15, -0.1) is 22.4 Å². The van der Waals surface area contributed by atoms with Crippen LogP contribution < -0.4 is 73.9 Å². The van der Waals surface area contributed by atoms with Crippen LogP contribution in [0.3, 0.4) is 0 Å². The minimum Gasteiger partial charge on any atom is -0.656 e. The summed E-state index contributed by atoms with van der Waals surface area (Å²) in [6.07, 6.45) is 0. The van der Waals surface area contributed by atoms with Gasteiger partial charge in [0.25, 0.3) is 0 Å². The number of thiophene rings is 1. The summed E-state index contributed by atoms with van der Waals surface area (Å²) < 4.78 is 2.62. The van der Waals surface area contributed by atoms with Crippen LogP contribution in [0.2, 0.25) is 0 Å². The summed E-state index contributed by atoms with van der Waals surface area (Å²) >= 11 is 1.89. The molecule has 2 heterocycles. The number of benzene rings is 10. The standard InChI is InChI=1S/C58H36NS.Cs/c1-3-7-37(8-4-1)39-11-15-41(16-12-39)43-19-23-45(24-20-43)47-27-29-49-51-31-34-54-52(57(51)59-55(49)35-47)32-33-53-50-30-28-48(36-56(50)60-58(53)54)46-25-21-44(22-26-46)42-17-13-40(14-18-42)38-9-5-2-6-10-38;/h1-36H;/q-1;+1. The smallest absolute Gasteiger partial charge is 0.656 e. The molecule has 12 rings (SSSR count). The van der Waals surface area contributed by atoms with Gasteiger partial charge in [-0.25, -0.2) is 0 Å². The normalized spacial score (nSPS) is 11.5. The van der Waals surface area contributed by atoms with Gasteiger partial charge in [0.15, 0.2) is 0 Å². The molecule has 0 aliphatic rings. The van der Waals surface area contributed by atoms with Gasteiger partial charge in [-0.3, -0.25) is 0 Å². The monoisotopic (exact) mass is 911 g/mol. The molecule has 0 atom stereocenters. The van der Waals surface area contributed by atoms with E-state index in [1.165, 1.54) is 108 Å². The number of hydrogen-bond acceptors (Lipinski definition) is 1. The Morgan fingerprint density at radius 3 is 1.03 bits per heavy atom. The second-order valence-electron chi connectivity index (χ2n) is 15.7. The average molecular weight is 912 g/mol. The first kappa shape index (κ1) is 38.5. The van der Waals surface area contributed by atoms with Crippen molar-refractivity contribution < 1.29 is 68.9 Å². The van der Waals surface area contributed by atoms with E-state index in [0.29, 0.717) is 0 Å². The van der Waals surface area contributed by atoms with Gasteiger partial charge in [0.05, 0.1) is 0 Å². The Balaban J connectivity index is 0.00000420. The van der Waals surface area contributed by atoms with E-state index in [-0.39, 0.29) is 68.9 Å². The molecule has 0 amide bonds. The topological polar surface area (TPSA) is 14.1 Å². The van der Waals surface area contributed by atoms with Gasteiger partial charge in [0, 0.05) is 20.2 Å². The minimum atomic E-state index is 0. The fourth-order valence-electron chi connectivity index (χ4n) is 8.97. The summed E-state index contributed by atoms with van der Waals surface area (Å²) in [5, 5.41) is 7.48. The summed E-state index contributed by atoms with van der Waals surface area (Å²) in [4.78, 5) is 5.29. The molecule has 0 saturated carbocycles. The maximum absolute atomic E-state index is 5.29. The van der Waals surface area contributed by atoms with Crippen LogP contribution in [0.1, 0.15) is 0 Å². The van der Waals surface area contributed by atoms with Gasteiger partial charge in [-0.1, -0.05) is 212 Å². The molecular weight excluding hydrogens is 876 g/mol. The number of fused-ring (bicyclic) bond motifs is 9. The molecule has 0 unspecified atom stereocenters. The fraction of sp³-hybridized carbons (Fsp3) is 0. The predicted molar refractivity (Wildman–Crippen MR) is 258 cm³/mol. The zero-order valence-corrected chi connectivity index (χ0v) is 40.7. The quantitative estimate of drug-likeness (QED) is 0.162. The third-order valence-electron chi connectivity index (χ3n) is 12.2. The molecule has 61 heavy (non-hydrogen) atoms. The van der Waals surface area contributed by atoms with Crippen molar-refractivity contribution in [1.29, 1.82) is 0 Å². The van der Waals surface area contributed by atoms with Gasteiger partial charge in [0.1, 0.15) is 0 Å². The van der Waals surface area contributed by atoms with Crippen molar-refractivity contribution in [3.8, 4) is 66.8 Å². The number of nitrogens with zero attached hydrogens (tertiary/aromatic N) is 1. The van der Waals surface area contributed by atoms with Crippen LogP contribution in [-0.2, 0) is 0 Å². The summed E-state index contributed by atoms with van der Waals surface area (Å²) in [6, 6.07) is 79.5. The zero-order valence-electron chi connectivity index (χ0n) is 33.6. The van der Waals surface area contributed by atoms with E-state index < -0.39 is 0 Å². The van der Waals surface area contributed by atoms with Crippen LogP contribution in [-0.4, -0.2) is 0 Å². The van der Waals surface area contributed by atoms with Crippen molar-refractivity contribution in [3.63, 3.8) is 0 Å². The van der Waals surface area contributed by atoms with Crippen molar-refractivity contribution in [2.75, 3.05) is 0 Å². The van der Waals surface area contributed by atoms with Gasteiger partial charge in [0.2, 0.25) is 0 Å². The third kappa shape index (κ3) is 7.01. The fourth-order valence-corrected chi connectivity index (χ4v) is 10.2. The molecule has 1 nitrogen and oxygen atoms in total. The van der Waals surface area contributed by atoms with E-state index >= 15 is 0 Å². The van der Waals surface area contributed by atoms with Crippen molar-refractivity contribution in [2.45, 2.75) is 0 Å². The van der Waals surface area contributed by atoms with E-state index in [4.69, 9.17) is 4.98 Å². The Morgan fingerprint density at radius 2 is 0.574 bits per heavy atom. The van der Waals surface area contributed by atoms with Crippen LogP contribution in [0.25, 0.3) is 120 Å². The molecule has 0 radical (unpaired) electrons. The summed E-state index contributed by atoms with van der Waals surface area (Å²) in [7, 11) is 0. The molecule has 12 aromatic rings. The minimum absolute atomic E-state index is 0. The van der Waals surface area contributed by atoms with Crippen LogP contribution in [0, 0.1) is 0 Å². The third-order valence-corrected chi connectivity index (χ3v) is 13.4. The van der Waals surface area contributed by atoms with E-state index in [1.54, 1.807) is 0 Å². The SMILES string of the molecule is [Cs+].c1ccc(-c2ccc(-c3ccc(-c4ccc5c(c4)[n-]c4c5ccc5c4ccc4c6ccc(-c7ccc(-c8ccc(-c9ccccc9)cc8)cc7)cc6sc45)cc3)cc2)cc1. The number of hydrogen-bond donors (Lipinski definition) is 0. The summed E-state index contributed by atoms with van der Waals surface area (Å²) in [5.41, 5.74) is 16.7. The van der Waals surface area contributed by atoms with Crippen LogP contribution in [0.5, 0.6) is 0 Å². The average Bonchev–Trinajstić information content (AvgIpc) is 3.90. The Kier molecular flexibility index (Phi) is 10.1. The van der Waals surface area contributed by atoms with Crippen molar-refractivity contribution in [2.24, 2.45) is 0 Å². The van der Waals surface area contributed by atoms with Crippen LogP contribution in [0.4, 0.5) is 0 Å². The molecule has 0 fully saturated rings. The van der Waals surface area contributed by atoms with Gasteiger partial charge >= 0.3 is 68.9 Å². The van der Waals surface area contributed by atoms with Crippen molar-refractivity contribution >= 4 is 64.1 Å². The Morgan fingerprint density at radius 1 is 0.262 bits per heavy atom. The molecule has 0 aliphatic heterocycles. The maximum Gasteiger partial charge on any atom is 1.00 e. The van der Waals surface area contributed by atoms with Crippen LogP contribution >= 0.6 is 11.3 Å². The van der Waals surface area contributed by atoms with E-state index in [9.17, 15) is 0 Å². The predicted octanol–water partition coefficient (Wildman–Crippen LogP) is 13.5. The Bertz CT molecular complexity index is 3290. The molecule has 0 N–H and O–H groups in total. The van der Waals surface area contributed by atoms with Crippen molar-refractivity contribution in [3.05, 3.63) is 218 Å². The number of aromatic nitrogens is 1. The molecule has 0 bridgehead atoms. The molecule has 0 aliphatic carbocycles. The molecule has 3 heteroatoms. The second-order valence-corrected chi connectivity index (χ2v) is 16.7. The molecular formula is C58H36CsNS. The molecule has 0 spiro atoms. The largest absolute Gasteiger partial charge is 1.00 e. The van der Waals surface area contributed by atoms with E-state index in [1.807, 2.05) is 11.3 Å². The zero-order chi connectivity index (χ0) is 39.6. The molecule has 2 aromatic heterocycles. The Hall–Kier alpha value is -5.47. The van der Waals surface area contributed by atoms with E-state index in [0.717, 1.165) is 11.0 Å². The van der Waals surface area contributed by atoms with Crippen molar-refractivity contribution in [1.82, 2.24) is 4.98 Å². The first-order valence-corrected chi connectivity index (χ1v) is 21.3. The van der Waals surface area contributed by atoms with E-state index in [2.05, 4.69) is 218 Å². The summed E-state index contributed by atoms with van der Waals surface area (Å²) in [5.74, 6) is 0. The first-order valence-electron chi connectivity index (χ1n) is 20.5. The van der Waals surface area contributed by atoms with Gasteiger partial charge in [-0.05, 0) is 94.4 Å². The number of rotatable bonds is 6. The summed E-state index contributed by atoms with van der Waals surface area (Å²) in [6.45, 7) is 0. The first-order chi connectivity index (χ1) is 29.7. The molecule has 280 valence electrons. The van der Waals surface area contributed by atoms with Gasteiger partial charge in [-0.2, -0.15) is 0 Å². The Labute approximate surface area is 417 Å². The second kappa shape index (κ2) is 16.1. The molecule has 10 aromatic carbocycles. The van der Waals surface area contributed by atoms with Crippen LogP contribution in [0.15, 0.2) is 218 Å².